The molecule has 0 aliphatic carbocycles. The van der Waals surface area contributed by atoms with Crippen LogP contribution in [0, 0.1) is 13.8 Å². The summed E-state index contributed by atoms with van der Waals surface area (Å²) >= 11 is 1.89. The molecule has 1 aliphatic heterocycles. The van der Waals surface area contributed by atoms with E-state index in [1.165, 1.54) is 61.3 Å². The molecule has 136 valence electrons. The molecular weight excluding hydrogens is 324 g/mol. The molecule has 1 aromatic heterocycles. The quantitative estimate of drug-likeness (QED) is 0.582. The van der Waals surface area contributed by atoms with Crippen molar-refractivity contribution in [2.75, 3.05) is 26.7 Å². The minimum atomic E-state index is 1.14. The van der Waals surface area contributed by atoms with Gasteiger partial charge in [-0.2, -0.15) is 0 Å². The zero-order chi connectivity index (χ0) is 17.6. The van der Waals surface area contributed by atoms with Crippen LogP contribution in [0.15, 0.2) is 29.6 Å². The SMILES string of the molecule is Cc1cc2c(cc1C)CN(CCCN(C)CCCCc1cccs1)C2. The summed E-state index contributed by atoms with van der Waals surface area (Å²) in [6.07, 6.45) is 5.14. The van der Waals surface area contributed by atoms with Crippen molar-refractivity contribution >= 4 is 11.3 Å². The lowest BCUT2D eigenvalue weighted by molar-refractivity contribution is 0.248. The lowest BCUT2D eigenvalue weighted by Gasteiger charge is -2.19. The van der Waals surface area contributed by atoms with Gasteiger partial charge in [-0.15, -0.1) is 11.3 Å². The molecule has 0 unspecified atom stereocenters. The molecule has 0 bridgehead atoms. The largest absolute Gasteiger partial charge is 0.306 e. The maximum Gasteiger partial charge on any atom is 0.0240 e. The fraction of sp³-hybridized carbons (Fsp3) is 0.545. The summed E-state index contributed by atoms with van der Waals surface area (Å²) in [5.74, 6) is 0. The Morgan fingerprint density at radius 1 is 1.00 bits per heavy atom. The standard InChI is InChI=1S/C22H32N2S/c1-18-14-20-16-24(17-21(20)15-19(18)2)12-7-11-23(3)10-5-4-8-22-9-6-13-25-22/h6,9,13-15H,4-5,7-8,10-12,16-17H2,1-3H3. The van der Waals surface area contributed by atoms with Crippen molar-refractivity contribution in [2.45, 2.75) is 52.6 Å². The van der Waals surface area contributed by atoms with Crippen LogP contribution >= 0.6 is 11.3 Å². The Morgan fingerprint density at radius 3 is 2.32 bits per heavy atom. The van der Waals surface area contributed by atoms with Crippen LogP contribution in [-0.2, 0) is 19.5 Å². The molecule has 1 aliphatic rings. The molecule has 2 nitrogen and oxygen atoms in total. The van der Waals surface area contributed by atoms with Gasteiger partial charge in [0.05, 0.1) is 0 Å². The predicted octanol–water partition coefficient (Wildman–Crippen LogP) is 5.03. The zero-order valence-corrected chi connectivity index (χ0v) is 16.9. The maximum absolute atomic E-state index is 2.61. The van der Waals surface area contributed by atoms with E-state index in [2.05, 4.69) is 60.3 Å². The molecule has 0 spiro atoms. The highest BCUT2D eigenvalue weighted by molar-refractivity contribution is 7.09. The molecular formula is C22H32N2S. The molecule has 0 N–H and O–H groups in total. The number of hydrogen-bond donors (Lipinski definition) is 0. The van der Waals surface area contributed by atoms with Crippen LogP contribution in [-0.4, -0.2) is 36.5 Å². The van der Waals surface area contributed by atoms with Gasteiger partial charge in [-0.3, -0.25) is 4.90 Å². The topological polar surface area (TPSA) is 6.48 Å². The smallest absolute Gasteiger partial charge is 0.0240 e. The molecule has 3 rings (SSSR count). The van der Waals surface area contributed by atoms with Gasteiger partial charge < -0.3 is 4.90 Å². The van der Waals surface area contributed by atoms with Crippen LogP contribution < -0.4 is 0 Å². The van der Waals surface area contributed by atoms with Crippen molar-refractivity contribution in [3.8, 4) is 0 Å². The summed E-state index contributed by atoms with van der Waals surface area (Å²) in [6.45, 7) is 10.4. The molecule has 2 aromatic rings. The average molecular weight is 357 g/mol. The number of aryl methyl sites for hydroxylation is 3. The van der Waals surface area contributed by atoms with E-state index in [1.807, 2.05) is 11.3 Å². The van der Waals surface area contributed by atoms with Gasteiger partial charge in [-0.1, -0.05) is 18.2 Å². The Balaban J connectivity index is 1.29. The molecule has 0 saturated carbocycles. The number of hydrogen-bond acceptors (Lipinski definition) is 3. The molecule has 0 saturated heterocycles. The predicted molar refractivity (Wildman–Crippen MR) is 109 cm³/mol. The third-order valence-electron chi connectivity index (χ3n) is 5.41. The molecule has 0 atom stereocenters. The first kappa shape index (κ1) is 18.6. The van der Waals surface area contributed by atoms with E-state index in [0.717, 1.165) is 13.1 Å². The molecule has 25 heavy (non-hydrogen) atoms. The van der Waals surface area contributed by atoms with Crippen molar-refractivity contribution < 1.29 is 0 Å². The van der Waals surface area contributed by atoms with Gasteiger partial charge in [-0.05, 0) is 93.4 Å². The second-order valence-electron chi connectivity index (χ2n) is 7.61. The lowest BCUT2D eigenvalue weighted by atomic mass is 10.0. The third kappa shape index (κ3) is 5.40. The summed E-state index contributed by atoms with van der Waals surface area (Å²) in [6, 6.07) is 9.20. The van der Waals surface area contributed by atoms with Gasteiger partial charge >= 0.3 is 0 Å². The Bertz CT molecular complexity index is 632. The van der Waals surface area contributed by atoms with Crippen LogP contribution in [0.3, 0.4) is 0 Å². The molecule has 0 radical (unpaired) electrons. The Kier molecular flexibility index (Phi) is 6.69. The van der Waals surface area contributed by atoms with E-state index in [-0.39, 0.29) is 0 Å². The first-order chi connectivity index (χ1) is 12.1. The lowest BCUT2D eigenvalue weighted by Crippen LogP contribution is -2.25. The third-order valence-corrected chi connectivity index (χ3v) is 6.35. The Labute approximate surface area is 157 Å². The van der Waals surface area contributed by atoms with Gasteiger partial charge in [0.15, 0.2) is 0 Å². The van der Waals surface area contributed by atoms with E-state index in [4.69, 9.17) is 0 Å². The van der Waals surface area contributed by atoms with Gasteiger partial charge in [0.1, 0.15) is 0 Å². The number of benzene rings is 1. The van der Waals surface area contributed by atoms with Crippen molar-refractivity contribution in [2.24, 2.45) is 0 Å². The highest BCUT2D eigenvalue weighted by atomic mass is 32.1. The first-order valence-electron chi connectivity index (χ1n) is 9.64. The van der Waals surface area contributed by atoms with Crippen molar-refractivity contribution in [1.29, 1.82) is 0 Å². The fourth-order valence-electron chi connectivity index (χ4n) is 3.74. The Hall–Kier alpha value is -1.16. The maximum atomic E-state index is 2.61. The van der Waals surface area contributed by atoms with Gasteiger partial charge in [0, 0.05) is 24.5 Å². The monoisotopic (exact) mass is 356 g/mol. The molecule has 0 amide bonds. The van der Waals surface area contributed by atoms with Crippen LogP contribution in [0.25, 0.3) is 0 Å². The van der Waals surface area contributed by atoms with Crippen LogP contribution in [0.1, 0.15) is 46.4 Å². The number of unbranched alkanes of at least 4 members (excludes halogenated alkanes) is 1. The van der Waals surface area contributed by atoms with Crippen molar-refractivity contribution in [3.05, 3.63) is 56.8 Å². The van der Waals surface area contributed by atoms with E-state index < -0.39 is 0 Å². The van der Waals surface area contributed by atoms with E-state index in [0.29, 0.717) is 0 Å². The van der Waals surface area contributed by atoms with Crippen molar-refractivity contribution in [3.63, 3.8) is 0 Å². The van der Waals surface area contributed by atoms with Crippen molar-refractivity contribution in [1.82, 2.24) is 9.80 Å². The highest BCUT2D eigenvalue weighted by Crippen LogP contribution is 2.25. The van der Waals surface area contributed by atoms with Gasteiger partial charge in [0.2, 0.25) is 0 Å². The summed E-state index contributed by atoms with van der Waals surface area (Å²) in [7, 11) is 2.27. The average Bonchev–Trinajstić information content (AvgIpc) is 3.22. The summed E-state index contributed by atoms with van der Waals surface area (Å²) < 4.78 is 0. The molecule has 3 heteroatoms. The highest BCUT2D eigenvalue weighted by Gasteiger charge is 2.19. The van der Waals surface area contributed by atoms with Crippen LogP contribution in [0.5, 0.6) is 0 Å². The van der Waals surface area contributed by atoms with E-state index in [1.54, 1.807) is 11.1 Å². The fourth-order valence-corrected chi connectivity index (χ4v) is 4.49. The summed E-state index contributed by atoms with van der Waals surface area (Å²) in [5, 5.41) is 2.18. The second kappa shape index (κ2) is 8.98. The number of fused-ring (bicyclic) bond motifs is 1. The zero-order valence-electron chi connectivity index (χ0n) is 16.1. The Morgan fingerprint density at radius 2 is 1.68 bits per heavy atom. The minimum absolute atomic E-state index is 1.14. The van der Waals surface area contributed by atoms with E-state index in [9.17, 15) is 0 Å². The van der Waals surface area contributed by atoms with Crippen LogP contribution in [0.4, 0.5) is 0 Å². The van der Waals surface area contributed by atoms with E-state index >= 15 is 0 Å². The second-order valence-corrected chi connectivity index (χ2v) is 8.64. The summed E-state index contributed by atoms with van der Waals surface area (Å²) in [5.41, 5.74) is 5.96. The van der Waals surface area contributed by atoms with Gasteiger partial charge in [-0.25, -0.2) is 0 Å². The number of rotatable bonds is 9. The van der Waals surface area contributed by atoms with Gasteiger partial charge in [0.25, 0.3) is 0 Å². The number of thiophene rings is 1. The molecule has 0 fully saturated rings. The summed E-state index contributed by atoms with van der Waals surface area (Å²) in [4.78, 5) is 6.64. The first-order valence-corrected chi connectivity index (χ1v) is 10.5. The number of nitrogens with zero attached hydrogens (tertiary/aromatic N) is 2. The van der Waals surface area contributed by atoms with Crippen LogP contribution in [0.2, 0.25) is 0 Å². The normalized spacial score (nSPS) is 14.4. The molecule has 1 aromatic carbocycles. The minimum Gasteiger partial charge on any atom is -0.306 e. The molecule has 2 heterocycles.